The number of nitrogens with zero attached hydrogens (tertiary/aromatic N) is 2. The number of hydrogen-bond donors (Lipinski definition) is 2. The van der Waals surface area contributed by atoms with Crippen LogP contribution in [0, 0.1) is 0 Å². The molecular formula is C16H19N3O4. The summed E-state index contributed by atoms with van der Waals surface area (Å²) in [5.74, 6) is -1.08. The summed E-state index contributed by atoms with van der Waals surface area (Å²) in [7, 11) is 1.64. The van der Waals surface area contributed by atoms with Crippen LogP contribution in [0.3, 0.4) is 0 Å². The van der Waals surface area contributed by atoms with Gasteiger partial charge in [-0.15, -0.1) is 0 Å². The Morgan fingerprint density at radius 1 is 1.26 bits per heavy atom. The molecule has 0 unspecified atom stereocenters. The molecule has 0 bridgehead atoms. The van der Waals surface area contributed by atoms with Crippen LogP contribution in [0.25, 0.3) is 11.3 Å². The number of aromatic carboxylic acids is 1. The largest absolute Gasteiger partial charge is 0.478 e. The maximum Gasteiger partial charge on any atom is 0.412 e. The molecule has 122 valence electrons. The predicted octanol–water partition coefficient (Wildman–Crippen LogP) is 3.13. The third kappa shape index (κ3) is 3.88. The molecule has 2 rings (SSSR count). The Balaban J connectivity index is 2.41. The van der Waals surface area contributed by atoms with Crippen LogP contribution in [0.5, 0.6) is 0 Å². The molecule has 0 radical (unpaired) electrons. The first-order chi connectivity index (χ1) is 10.7. The van der Waals surface area contributed by atoms with Gasteiger partial charge in [-0.1, -0.05) is 18.2 Å². The SMILES string of the molecule is Cn1ncc(C(=O)O)c1-c1ccccc1NC(=O)OC(C)(C)C. The highest BCUT2D eigenvalue weighted by Gasteiger charge is 2.21. The van der Waals surface area contributed by atoms with E-state index in [4.69, 9.17) is 4.74 Å². The van der Waals surface area contributed by atoms with Crippen molar-refractivity contribution >= 4 is 17.7 Å². The number of aryl methyl sites for hydroxylation is 1. The van der Waals surface area contributed by atoms with Crippen molar-refractivity contribution in [1.82, 2.24) is 9.78 Å². The van der Waals surface area contributed by atoms with Gasteiger partial charge < -0.3 is 9.84 Å². The van der Waals surface area contributed by atoms with E-state index in [-0.39, 0.29) is 5.56 Å². The van der Waals surface area contributed by atoms with Crippen molar-refractivity contribution in [2.75, 3.05) is 5.32 Å². The van der Waals surface area contributed by atoms with Gasteiger partial charge in [0.15, 0.2) is 0 Å². The minimum atomic E-state index is -1.08. The number of carbonyl (C=O) groups excluding carboxylic acids is 1. The van der Waals surface area contributed by atoms with Gasteiger partial charge in [0.05, 0.1) is 17.6 Å². The highest BCUT2D eigenvalue weighted by Crippen LogP contribution is 2.30. The Hall–Kier alpha value is -2.83. The fourth-order valence-electron chi connectivity index (χ4n) is 2.13. The van der Waals surface area contributed by atoms with Crippen molar-refractivity contribution in [3.8, 4) is 11.3 Å². The van der Waals surface area contributed by atoms with Gasteiger partial charge in [-0.05, 0) is 26.8 Å². The molecule has 2 aromatic rings. The van der Waals surface area contributed by atoms with Gasteiger partial charge in [-0.3, -0.25) is 10.00 Å². The second-order valence-electron chi connectivity index (χ2n) is 6.01. The molecule has 0 aliphatic rings. The number of anilines is 1. The molecule has 7 nitrogen and oxygen atoms in total. The van der Waals surface area contributed by atoms with Crippen molar-refractivity contribution in [3.05, 3.63) is 36.0 Å². The number of para-hydroxylation sites is 1. The zero-order valence-electron chi connectivity index (χ0n) is 13.5. The lowest BCUT2D eigenvalue weighted by atomic mass is 10.1. The van der Waals surface area contributed by atoms with Gasteiger partial charge in [0.25, 0.3) is 0 Å². The van der Waals surface area contributed by atoms with Gasteiger partial charge in [-0.25, -0.2) is 9.59 Å². The van der Waals surface area contributed by atoms with E-state index in [0.29, 0.717) is 16.9 Å². The average Bonchev–Trinajstić information content (AvgIpc) is 2.79. The van der Waals surface area contributed by atoms with Crippen LogP contribution < -0.4 is 5.32 Å². The Morgan fingerprint density at radius 3 is 2.52 bits per heavy atom. The molecule has 7 heteroatoms. The minimum absolute atomic E-state index is 0.0611. The average molecular weight is 317 g/mol. The first-order valence-corrected chi connectivity index (χ1v) is 7.04. The monoisotopic (exact) mass is 317 g/mol. The summed E-state index contributed by atoms with van der Waals surface area (Å²) < 4.78 is 6.69. The van der Waals surface area contributed by atoms with Gasteiger partial charge in [0.2, 0.25) is 0 Å². The number of carboxylic acid groups (broad SMARTS) is 1. The molecular weight excluding hydrogens is 298 g/mol. The van der Waals surface area contributed by atoms with E-state index in [0.717, 1.165) is 0 Å². The molecule has 0 saturated carbocycles. The molecule has 1 amide bonds. The van der Waals surface area contributed by atoms with Gasteiger partial charge in [-0.2, -0.15) is 5.10 Å². The summed E-state index contributed by atoms with van der Waals surface area (Å²) in [5, 5.41) is 15.9. The van der Waals surface area contributed by atoms with Crippen LogP contribution in [-0.2, 0) is 11.8 Å². The number of nitrogens with one attached hydrogen (secondary N) is 1. The van der Waals surface area contributed by atoms with Crippen molar-refractivity contribution in [2.24, 2.45) is 7.05 Å². The van der Waals surface area contributed by atoms with E-state index >= 15 is 0 Å². The summed E-state index contributed by atoms with van der Waals surface area (Å²) in [6.07, 6.45) is 0.672. The maximum atomic E-state index is 12.0. The summed E-state index contributed by atoms with van der Waals surface area (Å²) >= 11 is 0. The van der Waals surface area contributed by atoms with Crippen LogP contribution in [0.15, 0.2) is 30.5 Å². The Kier molecular flexibility index (Phi) is 4.40. The molecule has 0 spiro atoms. The highest BCUT2D eigenvalue weighted by atomic mass is 16.6. The molecule has 0 atom stereocenters. The van der Waals surface area contributed by atoms with E-state index in [1.165, 1.54) is 10.9 Å². The highest BCUT2D eigenvalue weighted by molar-refractivity contribution is 5.99. The lowest BCUT2D eigenvalue weighted by Gasteiger charge is -2.20. The first-order valence-electron chi connectivity index (χ1n) is 7.04. The number of carbonyl (C=O) groups is 2. The number of hydrogen-bond acceptors (Lipinski definition) is 4. The number of carboxylic acids is 1. The number of rotatable bonds is 3. The molecule has 0 aliphatic carbocycles. The zero-order chi connectivity index (χ0) is 17.2. The Bertz CT molecular complexity index is 744. The quantitative estimate of drug-likeness (QED) is 0.907. The van der Waals surface area contributed by atoms with Crippen molar-refractivity contribution in [3.63, 3.8) is 0 Å². The first kappa shape index (κ1) is 16.5. The number of benzene rings is 1. The third-order valence-corrected chi connectivity index (χ3v) is 2.99. The fraction of sp³-hybridized carbons (Fsp3) is 0.312. The molecule has 1 heterocycles. The number of amides is 1. The second kappa shape index (κ2) is 6.12. The van der Waals surface area contributed by atoms with E-state index < -0.39 is 17.7 Å². The smallest absolute Gasteiger partial charge is 0.412 e. The van der Waals surface area contributed by atoms with E-state index in [9.17, 15) is 14.7 Å². The predicted molar refractivity (Wildman–Crippen MR) is 85.5 cm³/mol. The maximum absolute atomic E-state index is 12.0. The fourth-order valence-corrected chi connectivity index (χ4v) is 2.13. The normalized spacial score (nSPS) is 11.1. The van der Waals surface area contributed by atoms with Crippen LogP contribution in [0.4, 0.5) is 10.5 Å². The Morgan fingerprint density at radius 2 is 1.91 bits per heavy atom. The lowest BCUT2D eigenvalue weighted by molar-refractivity contribution is 0.0634. The molecule has 23 heavy (non-hydrogen) atoms. The minimum Gasteiger partial charge on any atom is -0.478 e. The standard InChI is InChI=1S/C16H19N3O4/c1-16(2,3)23-15(22)18-12-8-6-5-7-10(12)13-11(14(20)21)9-17-19(13)4/h5-9H,1-4H3,(H,18,22)(H,20,21). The molecule has 0 fully saturated rings. The summed E-state index contributed by atoms with van der Waals surface area (Å²) in [6.45, 7) is 5.30. The Labute approximate surface area is 133 Å². The molecule has 1 aromatic carbocycles. The van der Waals surface area contributed by atoms with E-state index in [2.05, 4.69) is 10.4 Å². The van der Waals surface area contributed by atoms with Crippen LogP contribution in [0.1, 0.15) is 31.1 Å². The van der Waals surface area contributed by atoms with Gasteiger partial charge in [0, 0.05) is 12.6 Å². The summed E-state index contributed by atoms with van der Waals surface area (Å²) in [5.41, 5.74) is 0.844. The molecule has 0 saturated heterocycles. The van der Waals surface area contributed by atoms with Crippen molar-refractivity contribution in [2.45, 2.75) is 26.4 Å². The second-order valence-corrected chi connectivity index (χ2v) is 6.01. The van der Waals surface area contributed by atoms with Crippen LogP contribution >= 0.6 is 0 Å². The van der Waals surface area contributed by atoms with Gasteiger partial charge >= 0.3 is 12.1 Å². The number of aromatic nitrogens is 2. The third-order valence-electron chi connectivity index (χ3n) is 2.99. The summed E-state index contributed by atoms with van der Waals surface area (Å²) in [6, 6.07) is 6.90. The topological polar surface area (TPSA) is 93.5 Å². The van der Waals surface area contributed by atoms with E-state index in [1.54, 1.807) is 52.1 Å². The van der Waals surface area contributed by atoms with Crippen molar-refractivity contribution < 1.29 is 19.4 Å². The zero-order valence-corrected chi connectivity index (χ0v) is 13.5. The number of ether oxygens (including phenoxy) is 1. The van der Waals surface area contributed by atoms with Crippen LogP contribution in [0.2, 0.25) is 0 Å². The lowest BCUT2D eigenvalue weighted by Crippen LogP contribution is -2.27. The summed E-state index contributed by atoms with van der Waals surface area (Å²) in [4.78, 5) is 23.3. The molecule has 2 N–H and O–H groups in total. The molecule has 0 aliphatic heterocycles. The van der Waals surface area contributed by atoms with Crippen molar-refractivity contribution in [1.29, 1.82) is 0 Å². The van der Waals surface area contributed by atoms with Gasteiger partial charge in [0.1, 0.15) is 11.2 Å². The van der Waals surface area contributed by atoms with E-state index in [1.807, 2.05) is 0 Å². The van der Waals surface area contributed by atoms with Crippen LogP contribution in [-0.4, -0.2) is 32.6 Å². The molecule has 1 aromatic heterocycles.